The summed E-state index contributed by atoms with van der Waals surface area (Å²) in [6.45, 7) is 9.10. The van der Waals surface area contributed by atoms with Gasteiger partial charge in [0, 0.05) is 24.7 Å². The zero-order valence-corrected chi connectivity index (χ0v) is 22.0. The topological polar surface area (TPSA) is 94.1 Å². The Balaban J connectivity index is 1.46. The maximum absolute atomic E-state index is 14.4. The fraction of sp³-hybridized carbons (Fsp3) is 0.519. The normalized spacial score (nSPS) is 21.0. The molecule has 2 aromatic heterocycles. The lowest BCUT2D eigenvalue weighted by molar-refractivity contribution is -0.136. The first kappa shape index (κ1) is 26.4. The highest BCUT2D eigenvalue weighted by Crippen LogP contribution is 2.43. The molecule has 5 rings (SSSR count). The van der Waals surface area contributed by atoms with Crippen molar-refractivity contribution in [2.24, 2.45) is 0 Å². The van der Waals surface area contributed by atoms with Crippen molar-refractivity contribution in [3.8, 4) is 11.3 Å². The molecule has 11 heteroatoms. The molecule has 204 valence electrons. The Morgan fingerprint density at radius 3 is 2.34 bits per heavy atom. The molecule has 8 nitrogen and oxygen atoms in total. The smallest absolute Gasteiger partial charge is 0.379 e. The molecule has 1 saturated heterocycles. The number of hydrogen-bond acceptors (Lipinski definition) is 7. The van der Waals surface area contributed by atoms with Crippen LogP contribution in [0.4, 0.5) is 24.9 Å². The van der Waals surface area contributed by atoms with Gasteiger partial charge in [0.05, 0.1) is 30.8 Å². The molecule has 1 aromatic carbocycles. The van der Waals surface area contributed by atoms with E-state index in [0.29, 0.717) is 23.2 Å². The fourth-order valence-electron chi connectivity index (χ4n) is 5.84. The lowest BCUT2D eigenvalue weighted by Crippen LogP contribution is -2.44. The zero-order valence-electron chi connectivity index (χ0n) is 22.0. The number of alkyl halides is 3. The molecule has 2 aliphatic rings. The average molecular weight is 530 g/mol. The van der Waals surface area contributed by atoms with Crippen LogP contribution in [0.1, 0.15) is 59.5 Å². The third kappa shape index (κ3) is 5.35. The molecule has 1 aliphatic heterocycles. The largest absolute Gasteiger partial charge is 0.422 e. The Labute approximate surface area is 220 Å². The van der Waals surface area contributed by atoms with E-state index in [1.807, 2.05) is 26.0 Å². The van der Waals surface area contributed by atoms with Gasteiger partial charge in [-0.15, -0.1) is 0 Å². The second kappa shape index (κ2) is 10.5. The molecule has 3 heterocycles. The van der Waals surface area contributed by atoms with Crippen LogP contribution in [-0.2, 0) is 10.9 Å². The van der Waals surface area contributed by atoms with Crippen molar-refractivity contribution in [3.05, 3.63) is 52.3 Å². The van der Waals surface area contributed by atoms with E-state index in [0.717, 1.165) is 63.1 Å². The highest BCUT2D eigenvalue weighted by Gasteiger charge is 2.40. The van der Waals surface area contributed by atoms with E-state index in [4.69, 9.17) is 10.5 Å². The first-order valence-corrected chi connectivity index (χ1v) is 13.1. The fourth-order valence-corrected chi connectivity index (χ4v) is 5.84. The van der Waals surface area contributed by atoms with Gasteiger partial charge in [0.25, 0.3) is 0 Å². The molecule has 0 amide bonds. The standard InChI is InChI=1S/C27H34F3N7O/c1-16-15-22(17(2)14-21(16)19-4-6-20(7-5-19)36-10-12-38-13-11-36)24-23(27(28,29)30)25(34-26(31)33-24)35-37-18(3)8-9-32-37/h8-9,14-15,19-20H,4-7,10-13H2,1-3H3,(H3,31,33,34,35). The average Bonchev–Trinajstić information content (AvgIpc) is 3.28. The second-order valence-corrected chi connectivity index (χ2v) is 10.3. The Hall–Kier alpha value is -3.18. The van der Waals surface area contributed by atoms with Crippen LogP contribution >= 0.6 is 0 Å². The Kier molecular flexibility index (Phi) is 7.32. The van der Waals surface area contributed by atoms with Gasteiger partial charge in [0.2, 0.25) is 5.95 Å². The van der Waals surface area contributed by atoms with Gasteiger partial charge < -0.3 is 10.5 Å². The van der Waals surface area contributed by atoms with Crippen LogP contribution in [0.5, 0.6) is 0 Å². The van der Waals surface area contributed by atoms with Crippen molar-refractivity contribution in [2.75, 3.05) is 37.5 Å². The van der Waals surface area contributed by atoms with Crippen LogP contribution in [0, 0.1) is 20.8 Å². The van der Waals surface area contributed by atoms with Crippen molar-refractivity contribution in [3.63, 3.8) is 0 Å². The molecule has 0 atom stereocenters. The highest BCUT2D eigenvalue weighted by molar-refractivity contribution is 5.74. The summed E-state index contributed by atoms with van der Waals surface area (Å²) in [4.78, 5) is 11.8. The Morgan fingerprint density at radius 1 is 1.00 bits per heavy atom. The molecule has 0 spiro atoms. The summed E-state index contributed by atoms with van der Waals surface area (Å²) in [5.74, 6) is -0.296. The van der Waals surface area contributed by atoms with Crippen molar-refractivity contribution in [2.45, 2.75) is 64.6 Å². The van der Waals surface area contributed by atoms with Crippen LogP contribution in [-0.4, -0.2) is 57.1 Å². The van der Waals surface area contributed by atoms with E-state index >= 15 is 0 Å². The van der Waals surface area contributed by atoms with E-state index < -0.39 is 17.6 Å². The molecular weight excluding hydrogens is 495 g/mol. The lowest BCUT2D eigenvalue weighted by atomic mass is 9.78. The number of anilines is 2. The SMILES string of the molecule is Cc1cc(C2CCC(N3CCOCC3)CC2)c(C)cc1-c1nc(N)nc(Nn2nccc2C)c1C(F)(F)F. The van der Waals surface area contributed by atoms with Crippen molar-refractivity contribution >= 4 is 11.8 Å². The molecule has 0 bridgehead atoms. The monoisotopic (exact) mass is 529 g/mol. The number of benzene rings is 1. The lowest BCUT2D eigenvalue weighted by Gasteiger charge is -2.39. The molecule has 3 N–H and O–H groups in total. The third-order valence-corrected chi connectivity index (χ3v) is 7.82. The van der Waals surface area contributed by atoms with Crippen molar-refractivity contribution in [1.29, 1.82) is 0 Å². The zero-order chi connectivity index (χ0) is 27.0. The summed E-state index contributed by atoms with van der Waals surface area (Å²) in [5.41, 5.74) is 11.3. The van der Waals surface area contributed by atoms with Gasteiger partial charge in [-0.25, -0.2) is 4.98 Å². The number of rotatable bonds is 5. The first-order chi connectivity index (χ1) is 18.1. The van der Waals surface area contributed by atoms with E-state index in [9.17, 15) is 13.2 Å². The van der Waals surface area contributed by atoms with E-state index in [-0.39, 0.29) is 11.6 Å². The number of nitrogens with one attached hydrogen (secondary N) is 1. The highest BCUT2D eigenvalue weighted by atomic mass is 19.4. The molecule has 1 saturated carbocycles. The summed E-state index contributed by atoms with van der Waals surface area (Å²) in [5, 5.41) is 4.02. The third-order valence-electron chi connectivity index (χ3n) is 7.82. The van der Waals surface area contributed by atoms with Gasteiger partial charge in [0.1, 0.15) is 5.56 Å². The quantitative estimate of drug-likeness (QED) is 0.475. The van der Waals surface area contributed by atoms with Gasteiger partial charge in [-0.2, -0.15) is 28.0 Å². The number of aryl methyl sites for hydroxylation is 3. The summed E-state index contributed by atoms with van der Waals surface area (Å²) in [6.07, 6.45) is 1.13. The van der Waals surface area contributed by atoms with Crippen LogP contribution in [0.3, 0.4) is 0 Å². The maximum Gasteiger partial charge on any atom is 0.422 e. The number of nitrogen functional groups attached to an aromatic ring is 1. The molecule has 2 fully saturated rings. The van der Waals surface area contributed by atoms with Crippen LogP contribution in [0.15, 0.2) is 24.4 Å². The predicted molar refractivity (Wildman–Crippen MR) is 140 cm³/mol. The number of hydrogen-bond donors (Lipinski definition) is 2. The number of aromatic nitrogens is 4. The van der Waals surface area contributed by atoms with Gasteiger partial charge in [-0.3, -0.25) is 10.3 Å². The molecule has 38 heavy (non-hydrogen) atoms. The molecule has 0 unspecified atom stereocenters. The number of nitrogens with zero attached hydrogens (tertiary/aromatic N) is 5. The molecule has 3 aromatic rings. The minimum Gasteiger partial charge on any atom is -0.379 e. The Bertz CT molecular complexity index is 1290. The van der Waals surface area contributed by atoms with E-state index in [2.05, 4.69) is 25.4 Å². The van der Waals surface area contributed by atoms with Gasteiger partial charge in [0.15, 0.2) is 5.82 Å². The van der Waals surface area contributed by atoms with Crippen molar-refractivity contribution in [1.82, 2.24) is 24.8 Å². The van der Waals surface area contributed by atoms with E-state index in [1.54, 1.807) is 13.0 Å². The Morgan fingerprint density at radius 2 is 1.71 bits per heavy atom. The molecule has 1 aliphatic carbocycles. The summed E-state index contributed by atoms with van der Waals surface area (Å²) in [6, 6.07) is 6.11. The van der Waals surface area contributed by atoms with Gasteiger partial charge in [-0.05, 0) is 81.2 Å². The molecular formula is C27H34F3N7O. The number of nitrogens with two attached hydrogens (primary N) is 1. The minimum absolute atomic E-state index is 0.236. The summed E-state index contributed by atoms with van der Waals surface area (Å²) >= 11 is 0. The minimum atomic E-state index is -4.72. The summed E-state index contributed by atoms with van der Waals surface area (Å²) in [7, 11) is 0. The van der Waals surface area contributed by atoms with Crippen molar-refractivity contribution < 1.29 is 17.9 Å². The van der Waals surface area contributed by atoms with Crippen LogP contribution < -0.4 is 11.2 Å². The second-order valence-electron chi connectivity index (χ2n) is 10.3. The number of halogens is 3. The van der Waals surface area contributed by atoms with Gasteiger partial charge >= 0.3 is 6.18 Å². The number of morpholine rings is 1. The maximum atomic E-state index is 14.4. The van der Waals surface area contributed by atoms with Gasteiger partial charge in [-0.1, -0.05) is 6.07 Å². The van der Waals surface area contributed by atoms with E-state index in [1.165, 1.54) is 16.6 Å². The van der Waals surface area contributed by atoms with Crippen LogP contribution in [0.25, 0.3) is 11.3 Å². The predicted octanol–water partition coefficient (Wildman–Crippen LogP) is 5.10. The molecule has 0 radical (unpaired) electrons. The van der Waals surface area contributed by atoms with Crippen LogP contribution in [0.2, 0.25) is 0 Å². The summed E-state index contributed by atoms with van der Waals surface area (Å²) < 4.78 is 48.8. The number of ether oxygens (including phenoxy) is 1. The first-order valence-electron chi connectivity index (χ1n) is 13.1.